The van der Waals surface area contributed by atoms with Gasteiger partial charge in [-0.05, 0) is 14.1 Å². The van der Waals surface area contributed by atoms with Gasteiger partial charge < -0.3 is 9.84 Å². The molecule has 0 saturated heterocycles. The van der Waals surface area contributed by atoms with Crippen LogP contribution in [0.15, 0.2) is 10.6 Å². The van der Waals surface area contributed by atoms with Gasteiger partial charge >= 0.3 is 0 Å². The maximum atomic E-state index is 11.1. The number of nitrogens with two attached hydrogens (primary N) is 1. The van der Waals surface area contributed by atoms with E-state index in [1.54, 1.807) is 6.07 Å². The van der Waals surface area contributed by atoms with Crippen molar-refractivity contribution in [2.75, 3.05) is 27.2 Å². The second kappa shape index (κ2) is 6.21. The van der Waals surface area contributed by atoms with Crippen molar-refractivity contribution in [3.8, 4) is 0 Å². The molecule has 0 fully saturated rings. The fourth-order valence-electron chi connectivity index (χ4n) is 1.22. The molecule has 0 unspecified atom stereocenters. The molecule has 0 saturated carbocycles. The Hall–Kier alpha value is -1.44. The molecule has 1 rings (SSSR count). The van der Waals surface area contributed by atoms with E-state index < -0.39 is 5.91 Å². The molecule has 7 nitrogen and oxygen atoms in total. The second-order valence-electron chi connectivity index (χ2n) is 3.49. The summed E-state index contributed by atoms with van der Waals surface area (Å²) < 4.78 is 5.01. The number of nitrogen functional groups attached to an aromatic ring is 1. The van der Waals surface area contributed by atoms with Crippen LogP contribution < -0.4 is 16.6 Å². The van der Waals surface area contributed by atoms with Crippen LogP contribution >= 0.6 is 0 Å². The Balaban J connectivity index is 2.48. The Labute approximate surface area is 93.9 Å². The first-order valence-electron chi connectivity index (χ1n) is 4.97. The number of hydrogen-bond acceptors (Lipinski definition) is 6. The van der Waals surface area contributed by atoms with E-state index in [4.69, 9.17) is 10.4 Å². The second-order valence-corrected chi connectivity index (χ2v) is 3.49. The van der Waals surface area contributed by atoms with Crippen molar-refractivity contribution in [1.82, 2.24) is 20.8 Å². The summed E-state index contributed by atoms with van der Waals surface area (Å²) in [6.45, 7) is 2.38. The highest BCUT2D eigenvalue weighted by Gasteiger charge is 2.12. The SMILES string of the molecule is CNCCN(C)Cc1cc(C(=O)NN)no1. The number of carbonyl (C=O) groups is 1. The van der Waals surface area contributed by atoms with Crippen LogP contribution in [-0.2, 0) is 6.54 Å². The standard InChI is InChI=1S/C9H17N5O2/c1-11-3-4-14(2)6-7-5-8(13-16-7)9(15)12-10/h5,11H,3-4,6,10H2,1-2H3,(H,12,15). The number of hydrogen-bond donors (Lipinski definition) is 3. The molecule has 1 aromatic heterocycles. The summed E-state index contributed by atoms with van der Waals surface area (Å²) in [5.41, 5.74) is 2.19. The maximum Gasteiger partial charge on any atom is 0.287 e. The van der Waals surface area contributed by atoms with Crippen molar-refractivity contribution in [1.29, 1.82) is 0 Å². The van der Waals surface area contributed by atoms with Crippen molar-refractivity contribution in [3.63, 3.8) is 0 Å². The predicted molar refractivity (Wildman–Crippen MR) is 58.4 cm³/mol. The van der Waals surface area contributed by atoms with Crippen LogP contribution in [0.5, 0.6) is 0 Å². The zero-order chi connectivity index (χ0) is 12.0. The molecule has 0 atom stereocenters. The number of hydrazine groups is 1. The molecule has 0 aliphatic carbocycles. The maximum absolute atomic E-state index is 11.1. The number of rotatable bonds is 6. The fraction of sp³-hybridized carbons (Fsp3) is 0.556. The molecule has 90 valence electrons. The van der Waals surface area contributed by atoms with Gasteiger partial charge in [0.25, 0.3) is 5.91 Å². The van der Waals surface area contributed by atoms with Gasteiger partial charge in [0.2, 0.25) is 0 Å². The lowest BCUT2D eigenvalue weighted by atomic mass is 10.3. The summed E-state index contributed by atoms with van der Waals surface area (Å²) >= 11 is 0. The van der Waals surface area contributed by atoms with E-state index in [2.05, 4.69) is 15.4 Å². The third-order valence-electron chi connectivity index (χ3n) is 2.09. The molecule has 7 heteroatoms. The average Bonchev–Trinajstić information content (AvgIpc) is 2.73. The van der Waals surface area contributed by atoms with E-state index in [1.165, 1.54) is 0 Å². The van der Waals surface area contributed by atoms with E-state index in [9.17, 15) is 4.79 Å². The summed E-state index contributed by atoms with van der Waals surface area (Å²) in [5.74, 6) is 5.17. The fourth-order valence-corrected chi connectivity index (χ4v) is 1.22. The van der Waals surface area contributed by atoms with E-state index in [1.807, 2.05) is 19.5 Å². The Morgan fingerprint density at radius 1 is 1.69 bits per heavy atom. The van der Waals surface area contributed by atoms with Gasteiger partial charge in [0.15, 0.2) is 11.5 Å². The number of likely N-dealkylation sites (N-methyl/N-ethyl adjacent to an activating group) is 2. The third-order valence-corrected chi connectivity index (χ3v) is 2.09. The molecule has 0 bridgehead atoms. The number of nitrogens with one attached hydrogen (secondary N) is 2. The lowest BCUT2D eigenvalue weighted by molar-refractivity contribution is 0.0944. The number of carbonyl (C=O) groups excluding carboxylic acids is 1. The Bertz CT molecular complexity index is 338. The van der Waals surface area contributed by atoms with Crippen molar-refractivity contribution < 1.29 is 9.32 Å². The van der Waals surface area contributed by atoms with Gasteiger partial charge in [0, 0.05) is 19.2 Å². The van der Waals surface area contributed by atoms with Crippen molar-refractivity contribution >= 4 is 5.91 Å². The Kier molecular flexibility index (Phi) is 4.90. The highest BCUT2D eigenvalue weighted by atomic mass is 16.5. The van der Waals surface area contributed by atoms with Gasteiger partial charge in [-0.25, -0.2) is 5.84 Å². The molecule has 16 heavy (non-hydrogen) atoms. The first kappa shape index (κ1) is 12.6. The predicted octanol–water partition coefficient (Wildman–Crippen LogP) is -1.07. The third kappa shape index (κ3) is 3.61. The lowest BCUT2D eigenvalue weighted by Gasteiger charge is -2.13. The normalized spacial score (nSPS) is 10.8. The van der Waals surface area contributed by atoms with Gasteiger partial charge in [0.05, 0.1) is 6.54 Å². The van der Waals surface area contributed by atoms with Gasteiger partial charge in [-0.1, -0.05) is 5.16 Å². The highest BCUT2D eigenvalue weighted by molar-refractivity contribution is 5.91. The van der Waals surface area contributed by atoms with Crippen molar-refractivity contribution in [2.45, 2.75) is 6.54 Å². The molecular weight excluding hydrogens is 210 g/mol. The van der Waals surface area contributed by atoms with E-state index in [0.29, 0.717) is 12.3 Å². The lowest BCUT2D eigenvalue weighted by Crippen LogP contribution is -2.30. The first-order valence-corrected chi connectivity index (χ1v) is 4.97. The molecule has 0 spiro atoms. The van der Waals surface area contributed by atoms with Crippen LogP contribution in [0.25, 0.3) is 0 Å². The smallest absolute Gasteiger partial charge is 0.287 e. The van der Waals surface area contributed by atoms with Crippen molar-refractivity contribution in [2.24, 2.45) is 5.84 Å². The van der Waals surface area contributed by atoms with Crippen LogP contribution in [0, 0.1) is 0 Å². The quantitative estimate of drug-likeness (QED) is 0.325. The van der Waals surface area contributed by atoms with E-state index in [0.717, 1.165) is 13.1 Å². The van der Waals surface area contributed by atoms with Gasteiger partial charge in [-0.15, -0.1) is 0 Å². The highest BCUT2D eigenvalue weighted by Crippen LogP contribution is 2.05. The number of aromatic nitrogens is 1. The first-order chi connectivity index (χ1) is 7.67. The van der Waals surface area contributed by atoms with Crippen molar-refractivity contribution in [3.05, 3.63) is 17.5 Å². The summed E-state index contributed by atoms with van der Waals surface area (Å²) in [4.78, 5) is 13.2. The van der Waals surface area contributed by atoms with Crippen LogP contribution in [-0.4, -0.2) is 43.1 Å². The molecule has 4 N–H and O–H groups in total. The van der Waals surface area contributed by atoms with Crippen LogP contribution in [0.3, 0.4) is 0 Å². The summed E-state index contributed by atoms with van der Waals surface area (Å²) in [7, 11) is 3.86. The minimum atomic E-state index is -0.451. The molecule has 1 amide bonds. The Morgan fingerprint density at radius 2 is 2.44 bits per heavy atom. The molecule has 0 radical (unpaired) electrons. The summed E-state index contributed by atoms with van der Waals surface area (Å²) in [5, 5.41) is 6.66. The average molecular weight is 227 g/mol. The Morgan fingerprint density at radius 3 is 3.06 bits per heavy atom. The molecule has 1 aromatic rings. The number of nitrogens with zero attached hydrogens (tertiary/aromatic N) is 2. The minimum absolute atomic E-state index is 0.194. The van der Waals surface area contributed by atoms with Gasteiger partial charge in [0.1, 0.15) is 0 Å². The molecule has 1 heterocycles. The van der Waals surface area contributed by atoms with E-state index in [-0.39, 0.29) is 5.69 Å². The van der Waals surface area contributed by atoms with Gasteiger partial charge in [-0.3, -0.25) is 15.1 Å². The summed E-state index contributed by atoms with van der Waals surface area (Å²) in [6, 6.07) is 1.58. The molecule has 0 aromatic carbocycles. The minimum Gasteiger partial charge on any atom is -0.359 e. The molecule has 0 aliphatic heterocycles. The zero-order valence-corrected chi connectivity index (χ0v) is 9.49. The monoisotopic (exact) mass is 227 g/mol. The summed E-state index contributed by atoms with van der Waals surface area (Å²) in [6.07, 6.45) is 0. The zero-order valence-electron chi connectivity index (χ0n) is 9.49. The molecular formula is C9H17N5O2. The number of amides is 1. The van der Waals surface area contributed by atoms with Crippen LogP contribution in [0.4, 0.5) is 0 Å². The van der Waals surface area contributed by atoms with Gasteiger partial charge in [-0.2, -0.15) is 0 Å². The topological polar surface area (TPSA) is 96.4 Å². The van der Waals surface area contributed by atoms with E-state index >= 15 is 0 Å². The largest absolute Gasteiger partial charge is 0.359 e. The van der Waals surface area contributed by atoms with Crippen LogP contribution in [0.1, 0.15) is 16.2 Å². The van der Waals surface area contributed by atoms with Crippen LogP contribution in [0.2, 0.25) is 0 Å². The molecule has 0 aliphatic rings.